The summed E-state index contributed by atoms with van der Waals surface area (Å²) < 4.78 is 0. The fourth-order valence-electron chi connectivity index (χ4n) is 0.143. The molecule has 0 amide bonds. The molecule has 9 heavy (non-hydrogen) atoms. The molecule has 4 nitrogen and oxygen atoms in total. The van der Waals surface area contributed by atoms with E-state index < -0.39 is 11.9 Å². The van der Waals surface area contributed by atoms with Crippen molar-refractivity contribution in [2.45, 2.75) is 0 Å². The maximum atomic E-state index is 9.55. The first kappa shape index (κ1) is 11.2. The summed E-state index contributed by atoms with van der Waals surface area (Å²) in [6.07, 6.45) is 1.12. The van der Waals surface area contributed by atoms with E-state index in [1.54, 1.807) is 0 Å². The second-order valence-electron chi connectivity index (χ2n) is 1.01. The Kier molecular flexibility index (Phi) is 6.76. The van der Waals surface area contributed by atoms with Crippen molar-refractivity contribution < 1.29 is 19.8 Å². The Morgan fingerprint density at radius 1 is 1.00 bits per heavy atom. The van der Waals surface area contributed by atoms with Crippen molar-refractivity contribution in [2.24, 2.45) is 0 Å². The minimum atomic E-state index is -1.26. The van der Waals surface area contributed by atoms with Crippen LogP contribution in [-0.4, -0.2) is 41.9 Å². The van der Waals surface area contributed by atoms with Gasteiger partial charge in [-0.05, 0) is 0 Å². The van der Waals surface area contributed by atoms with Gasteiger partial charge in [0.1, 0.15) is 0 Å². The molecular formula is C4H7GaO4. The third kappa shape index (κ3) is 11.1. The van der Waals surface area contributed by atoms with Gasteiger partial charge >= 0.3 is 31.7 Å². The minimum absolute atomic E-state index is 0. The van der Waals surface area contributed by atoms with Crippen molar-refractivity contribution in [3.63, 3.8) is 0 Å². The third-order valence-corrected chi connectivity index (χ3v) is 0.368. The molecule has 0 spiro atoms. The van der Waals surface area contributed by atoms with Gasteiger partial charge in [0.25, 0.3) is 0 Å². The molecule has 5 heteroatoms. The van der Waals surface area contributed by atoms with Gasteiger partial charge in [-0.25, -0.2) is 9.59 Å². The Morgan fingerprint density at radius 2 is 1.22 bits per heavy atom. The van der Waals surface area contributed by atoms with Gasteiger partial charge in [0.15, 0.2) is 0 Å². The molecule has 0 aromatic carbocycles. The molecule has 0 aliphatic carbocycles. The van der Waals surface area contributed by atoms with Crippen LogP contribution in [0, 0.1) is 0 Å². The number of hydrogen-bond donors (Lipinski definition) is 2. The van der Waals surface area contributed by atoms with E-state index in [2.05, 4.69) is 0 Å². The normalized spacial score (nSPS) is 8.44. The molecule has 0 fully saturated rings. The van der Waals surface area contributed by atoms with Crippen LogP contribution in [0.15, 0.2) is 12.2 Å². The third-order valence-electron chi connectivity index (χ3n) is 0.368. The van der Waals surface area contributed by atoms with Crippen LogP contribution in [-0.2, 0) is 9.59 Å². The standard InChI is InChI=1S/C4H4O4.Ga.3H/c5-3(6)1-2-4(7)8;;;;/h1-2H,(H,5,6)(H,7,8);;;;/b2-1-;;;;. The van der Waals surface area contributed by atoms with E-state index in [1.165, 1.54) is 0 Å². The average Bonchev–Trinajstić information content (AvgIpc) is 1.61. The average molecular weight is 189 g/mol. The summed E-state index contributed by atoms with van der Waals surface area (Å²) in [5.74, 6) is -2.51. The molecule has 0 aromatic rings. The Hall–Kier alpha value is -0.684. The molecule has 0 heterocycles. The van der Waals surface area contributed by atoms with Crippen LogP contribution < -0.4 is 0 Å². The molecule has 0 aliphatic heterocycles. The van der Waals surface area contributed by atoms with E-state index in [4.69, 9.17) is 10.2 Å². The zero-order valence-electron chi connectivity index (χ0n) is 3.87. The number of carbonyl (C=O) groups is 2. The molecule has 2 N–H and O–H groups in total. The molecule has 0 rings (SSSR count). The predicted octanol–water partition coefficient (Wildman–Crippen LogP) is -1.47. The van der Waals surface area contributed by atoms with Crippen LogP contribution in [0.2, 0.25) is 0 Å². The van der Waals surface area contributed by atoms with E-state index in [9.17, 15) is 9.59 Å². The Bertz CT molecular complexity index is 124. The first-order valence-corrected chi connectivity index (χ1v) is 1.77. The number of carboxylic acid groups (broad SMARTS) is 2. The van der Waals surface area contributed by atoms with Crippen molar-refractivity contribution in [1.29, 1.82) is 0 Å². The van der Waals surface area contributed by atoms with Crippen LogP contribution in [0.3, 0.4) is 0 Å². The first-order valence-electron chi connectivity index (χ1n) is 1.77. The molecule has 0 saturated heterocycles. The SMILES string of the molecule is O=C(O)/C=C\C(=O)O.[GaH3]. The van der Waals surface area contributed by atoms with Crippen LogP contribution in [0.1, 0.15) is 0 Å². The van der Waals surface area contributed by atoms with E-state index in [1.807, 2.05) is 0 Å². The molecule has 0 aromatic heterocycles. The topological polar surface area (TPSA) is 74.6 Å². The fourth-order valence-corrected chi connectivity index (χ4v) is 0.143. The van der Waals surface area contributed by atoms with Gasteiger partial charge in [-0.2, -0.15) is 0 Å². The van der Waals surface area contributed by atoms with E-state index in [0.29, 0.717) is 12.2 Å². The van der Waals surface area contributed by atoms with Crippen LogP contribution in [0.4, 0.5) is 0 Å². The monoisotopic (exact) mass is 188 g/mol. The van der Waals surface area contributed by atoms with Gasteiger partial charge in [-0.3, -0.25) is 0 Å². The molecule has 0 radical (unpaired) electrons. The molecule has 0 atom stereocenters. The summed E-state index contributed by atoms with van der Waals surface area (Å²) >= 11 is 0. The molecule has 50 valence electrons. The van der Waals surface area contributed by atoms with Gasteiger partial charge in [-0.1, -0.05) is 0 Å². The zero-order valence-corrected chi connectivity index (χ0v) is 3.87. The van der Waals surface area contributed by atoms with Gasteiger partial charge in [-0.15, -0.1) is 0 Å². The second-order valence-corrected chi connectivity index (χ2v) is 1.01. The summed E-state index contributed by atoms with van der Waals surface area (Å²) in [5, 5.41) is 15.6. The summed E-state index contributed by atoms with van der Waals surface area (Å²) in [5.41, 5.74) is 0. The maximum absolute atomic E-state index is 9.55. The van der Waals surface area contributed by atoms with Crippen molar-refractivity contribution in [3.05, 3.63) is 12.2 Å². The van der Waals surface area contributed by atoms with Gasteiger partial charge in [0.2, 0.25) is 0 Å². The fraction of sp³-hybridized carbons (Fsp3) is 0. The zero-order chi connectivity index (χ0) is 6.57. The first-order chi connectivity index (χ1) is 3.63. The van der Waals surface area contributed by atoms with Crippen molar-refractivity contribution in [1.82, 2.24) is 0 Å². The summed E-state index contributed by atoms with van der Waals surface area (Å²) in [6, 6.07) is 0. The molecule has 0 bridgehead atoms. The number of aliphatic carboxylic acids is 2. The number of carboxylic acids is 2. The number of hydrogen-bond acceptors (Lipinski definition) is 2. The van der Waals surface area contributed by atoms with Crippen molar-refractivity contribution in [3.8, 4) is 0 Å². The quantitative estimate of drug-likeness (QED) is 0.410. The van der Waals surface area contributed by atoms with Gasteiger partial charge < -0.3 is 10.2 Å². The Balaban J connectivity index is 0. The summed E-state index contributed by atoms with van der Waals surface area (Å²) in [7, 11) is 0. The molecule has 0 aliphatic rings. The van der Waals surface area contributed by atoms with Crippen molar-refractivity contribution in [2.75, 3.05) is 0 Å². The molecular weight excluding hydrogens is 182 g/mol. The number of rotatable bonds is 2. The molecule has 0 saturated carbocycles. The van der Waals surface area contributed by atoms with Gasteiger partial charge in [0.05, 0.1) is 0 Å². The van der Waals surface area contributed by atoms with Crippen LogP contribution in [0.5, 0.6) is 0 Å². The van der Waals surface area contributed by atoms with Crippen LogP contribution in [0.25, 0.3) is 0 Å². The van der Waals surface area contributed by atoms with Crippen molar-refractivity contribution >= 4 is 31.7 Å². The van der Waals surface area contributed by atoms with E-state index in [-0.39, 0.29) is 19.8 Å². The van der Waals surface area contributed by atoms with Gasteiger partial charge in [0, 0.05) is 12.2 Å². The second kappa shape index (κ2) is 5.45. The van der Waals surface area contributed by atoms with Crippen LogP contribution >= 0.6 is 0 Å². The predicted molar refractivity (Wildman–Crippen MR) is 34.4 cm³/mol. The molecule has 0 unspecified atom stereocenters. The van der Waals surface area contributed by atoms with E-state index in [0.717, 1.165) is 0 Å². The summed E-state index contributed by atoms with van der Waals surface area (Å²) in [4.78, 5) is 19.1. The summed E-state index contributed by atoms with van der Waals surface area (Å²) in [6.45, 7) is 0. The van der Waals surface area contributed by atoms with E-state index >= 15 is 0 Å². The Labute approximate surface area is 64.2 Å². The Morgan fingerprint density at radius 3 is 1.33 bits per heavy atom.